The molecule has 150 valence electrons. The van der Waals surface area contributed by atoms with E-state index in [4.69, 9.17) is 21.1 Å². The normalized spacial score (nSPS) is 10.8. The van der Waals surface area contributed by atoms with Gasteiger partial charge in [-0.1, -0.05) is 41.9 Å². The van der Waals surface area contributed by atoms with Gasteiger partial charge in [0.05, 0.1) is 34.9 Å². The van der Waals surface area contributed by atoms with Crippen LogP contribution in [-0.2, 0) is 6.61 Å². The van der Waals surface area contributed by atoms with Crippen LogP contribution in [-0.4, -0.2) is 22.9 Å². The zero-order valence-corrected chi connectivity index (χ0v) is 16.7. The second-order valence-corrected chi connectivity index (χ2v) is 6.83. The summed E-state index contributed by atoms with van der Waals surface area (Å²) < 4.78 is 25.3. The van der Waals surface area contributed by atoms with E-state index in [2.05, 4.69) is 9.97 Å². The average molecular weight is 423 g/mol. The van der Waals surface area contributed by atoms with Gasteiger partial charge in [-0.2, -0.15) is 0 Å². The molecule has 0 unspecified atom stereocenters. The number of methoxy groups -OCH3 is 1. The van der Waals surface area contributed by atoms with Crippen molar-refractivity contribution in [3.05, 3.63) is 94.4 Å². The molecule has 0 atom stereocenters. The van der Waals surface area contributed by atoms with Crippen molar-refractivity contribution in [1.29, 1.82) is 0 Å². The van der Waals surface area contributed by atoms with Gasteiger partial charge in [0.2, 0.25) is 5.88 Å². The number of rotatable bonds is 6. The topological polar surface area (TPSA) is 61.3 Å². The second kappa shape index (κ2) is 8.47. The number of hydrogen-bond donors (Lipinski definition) is 0. The lowest BCUT2D eigenvalue weighted by Gasteiger charge is -2.12. The van der Waals surface area contributed by atoms with Gasteiger partial charge in [-0.3, -0.25) is 4.79 Å². The summed E-state index contributed by atoms with van der Waals surface area (Å²) in [7, 11) is 1.47. The maximum Gasteiger partial charge on any atom is 0.232 e. The molecule has 0 amide bonds. The fourth-order valence-corrected chi connectivity index (χ4v) is 3.26. The van der Waals surface area contributed by atoms with Crippen LogP contribution in [0.2, 0.25) is 5.02 Å². The molecule has 0 radical (unpaired) electrons. The van der Waals surface area contributed by atoms with Crippen molar-refractivity contribution in [2.75, 3.05) is 7.11 Å². The predicted octanol–water partition coefficient (Wildman–Crippen LogP) is 5.24. The van der Waals surface area contributed by atoms with Crippen LogP contribution in [0.3, 0.4) is 0 Å². The number of hydrogen-bond acceptors (Lipinski definition) is 5. The Balaban J connectivity index is 1.67. The summed E-state index contributed by atoms with van der Waals surface area (Å²) in [6, 6.07) is 16.8. The highest BCUT2D eigenvalue weighted by molar-refractivity contribution is 6.36. The summed E-state index contributed by atoms with van der Waals surface area (Å²) >= 11 is 6.36. The van der Waals surface area contributed by atoms with Crippen LogP contribution < -0.4 is 9.47 Å². The number of fused-ring (bicyclic) bond motifs is 1. The maximum atomic E-state index is 14.6. The Labute approximate surface area is 177 Å². The third kappa shape index (κ3) is 3.95. The highest BCUT2D eigenvalue weighted by Crippen LogP contribution is 2.33. The average Bonchev–Trinajstić information content (AvgIpc) is 2.78. The number of aromatic nitrogens is 2. The number of carbonyl (C=O) groups excluding carboxylic acids is 1. The van der Waals surface area contributed by atoms with Crippen molar-refractivity contribution < 1.29 is 18.7 Å². The Morgan fingerprint density at radius 1 is 1.07 bits per heavy atom. The molecular weight excluding hydrogens is 407 g/mol. The van der Waals surface area contributed by atoms with E-state index in [1.165, 1.54) is 31.5 Å². The predicted molar refractivity (Wildman–Crippen MR) is 112 cm³/mol. The summed E-state index contributed by atoms with van der Waals surface area (Å²) in [5.74, 6) is -0.761. The zero-order chi connectivity index (χ0) is 21.1. The van der Waals surface area contributed by atoms with Crippen LogP contribution in [0, 0.1) is 5.82 Å². The van der Waals surface area contributed by atoms with Crippen LogP contribution in [0.1, 0.15) is 21.5 Å². The summed E-state index contributed by atoms with van der Waals surface area (Å²) in [5.41, 5.74) is 1.93. The third-order valence-corrected chi connectivity index (χ3v) is 4.89. The first kappa shape index (κ1) is 19.8. The minimum Gasteiger partial charge on any atom is -0.487 e. The molecule has 4 aromatic rings. The smallest absolute Gasteiger partial charge is 0.232 e. The Kier molecular flexibility index (Phi) is 5.59. The molecule has 0 fully saturated rings. The van der Waals surface area contributed by atoms with Crippen molar-refractivity contribution in [3.63, 3.8) is 0 Å². The number of ether oxygens (including phenoxy) is 2. The lowest BCUT2D eigenvalue weighted by atomic mass is 10.0. The largest absolute Gasteiger partial charge is 0.487 e. The van der Waals surface area contributed by atoms with E-state index in [9.17, 15) is 9.18 Å². The quantitative estimate of drug-likeness (QED) is 0.397. The molecule has 0 saturated heterocycles. The summed E-state index contributed by atoms with van der Waals surface area (Å²) in [5, 5.41) is -0.0762. The van der Waals surface area contributed by atoms with Gasteiger partial charge in [-0.25, -0.2) is 14.4 Å². The van der Waals surface area contributed by atoms with Gasteiger partial charge in [-0.05, 0) is 35.9 Å². The fraction of sp³-hybridized carbons (Fsp3) is 0.0870. The molecule has 0 saturated carbocycles. The summed E-state index contributed by atoms with van der Waals surface area (Å²) in [6.45, 7) is 0.241. The van der Waals surface area contributed by atoms with Crippen LogP contribution in [0.25, 0.3) is 11.0 Å². The van der Waals surface area contributed by atoms with Gasteiger partial charge in [0.15, 0.2) is 5.78 Å². The van der Waals surface area contributed by atoms with Crippen LogP contribution in [0.15, 0.2) is 66.9 Å². The Morgan fingerprint density at radius 2 is 1.87 bits per heavy atom. The number of halogens is 2. The Bertz CT molecular complexity index is 1230. The van der Waals surface area contributed by atoms with Gasteiger partial charge in [0, 0.05) is 5.56 Å². The maximum absolute atomic E-state index is 14.6. The molecule has 0 N–H and O–H groups in total. The molecule has 1 aromatic heterocycles. The van der Waals surface area contributed by atoms with Crippen LogP contribution in [0.5, 0.6) is 11.6 Å². The van der Waals surface area contributed by atoms with E-state index < -0.39 is 11.6 Å². The van der Waals surface area contributed by atoms with E-state index in [0.29, 0.717) is 16.9 Å². The molecular formula is C23H16ClFN2O3. The van der Waals surface area contributed by atoms with E-state index in [0.717, 1.165) is 5.56 Å². The van der Waals surface area contributed by atoms with E-state index in [-0.39, 0.29) is 28.5 Å². The molecule has 30 heavy (non-hydrogen) atoms. The highest BCUT2D eigenvalue weighted by atomic mass is 35.5. The molecule has 3 aromatic carbocycles. The standard InChI is InChI=1S/C23H16ClFN2O3/c1-29-20-12-26-17-9-7-15(11-18(17)27-20)23(28)21-16(25)8-10-19(22(21)24)30-13-14-5-3-2-4-6-14/h2-12H,13H2,1H3. The van der Waals surface area contributed by atoms with Gasteiger partial charge in [0.25, 0.3) is 0 Å². The molecule has 0 spiro atoms. The first-order valence-electron chi connectivity index (χ1n) is 9.07. The molecule has 7 heteroatoms. The molecule has 0 aliphatic carbocycles. The Morgan fingerprint density at radius 3 is 2.63 bits per heavy atom. The number of carbonyl (C=O) groups is 1. The SMILES string of the molecule is COc1cnc2ccc(C(=O)c3c(F)ccc(OCc4ccccc4)c3Cl)cc2n1. The third-order valence-electron chi connectivity index (χ3n) is 4.51. The van der Waals surface area contributed by atoms with Crippen LogP contribution >= 0.6 is 11.6 Å². The zero-order valence-electron chi connectivity index (χ0n) is 15.9. The van der Waals surface area contributed by atoms with E-state index in [1.807, 2.05) is 30.3 Å². The molecule has 5 nitrogen and oxygen atoms in total. The van der Waals surface area contributed by atoms with E-state index in [1.54, 1.807) is 12.1 Å². The number of nitrogens with zero attached hydrogens (tertiary/aromatic N) is 2. The first-order chi connectivity index (χ1) is 14.6. The highest BCUT2D eigenvalue weighted by Gasteiger charge is 2.22. The van der Waals surface area contributed by atoms with Crippen molar-refractivity contribution in [2.45, 2.75) is 6.61 Å². The molecule has 1 heterocycles. The molecule has 0 bridgehead atoms. The molecule has 4 rings (SSSR count). The van der Waals surface area contributed by atoms with E-state index >= 15 is 0 Å². The minimum absolute atomic E-state index is 0.0762. The first-order valence-corrected chi connectivity index (χ1v) is 9.45. The van der Waals surface area contributed by atoms with Gasteiger partial charge in [0.1, 0.15) is 18.2 Å². The number of benzene rings is 3. The van der Waals surface area contributed by atoms with Crippen LogP contribution in [0.4, 0.5) is 4.39 Å². The van der Waals surface area contributed by atoms with Crippen molar-refractivity contribution in [2.24, 2.45) is 0 Å². The lowest BCUT2D eigenvalue weighted by molar-refractivity contribution is 0.103. The summed E-state index contributed by atoms with van der Waals surface area (Å²) in [6.07, 6.45) is 1.48. The lowest BCUT2D eigenvalue weighted by Crippen LogP contribution is -2.07. The number of ketones is 1. The van der Waals surface area contributed by atoms with Gasteiger partial charge in [-0.15, -0.1) is 0 Å². The van der Waals surface area contributed by atoms with Crippen molar-refractivity contribution in [3.8, 4) is 11.6 Å². The monoisotopic (exact) mass is 422 g/mol. The second-order valence-electron chi connectivity index (χ2n) is 6.45. The molecule has 0 aliphatic heterocycles. The summed E-state index contributed by atoms with van der Waals surface area (Å²) in [4.78, 5) is 21.5. The van der Waals surface area contributed by atoms with Gasteiger partial charge >= 0.3 is 0 Å². The molecule has 0 aliphatic rings. The van der Waals surface area contributed by atoms with Gasteiger partial charge < -0.3 is 9.47 Å². The minimum atomic E-state index is -0.728. The Hall–Kier alpha value is -3.51. The van der Waals surface area contributed by atoms with Crippen molar-refractivity contribution in [1.82, 2.24) is 9.97 Å². The van der Waals surface area contributed by atoms with Crippen molar-refractivity contribution >= 4 is 28.4 Å². The fourth-order valence-electron chi connectivity index (χ4n) is 2.97.